The van der Waals surface area contributed by atoms with Crippen LogP contribution in [0.4, 0.5) is 0 Å². The maximum atomic E-state index is 5.68. The van der Waals surface area contributed by atoms with Crippen molar-refractivity contribution in [1.29, 1.82) is 0 Å². The molecule has 0 aliphatic heterocycles. The van der Waals surface area contributed by atoms with Gasteiger partial charge in [0.05, 0.1) is 5.69 Å². The third-order valence-electron chi connectivity index (χ3n) is 2.02. The van der Waals surface area contributed by atoms with Crippen molar-refractivity contribution in [2.24, 2.45) is 11.7 Å². The normalized spacial score (nSPS) is 11.3. The minimum atomic E-state index is 0.635. The summed E-state index contributed by atoms with van der Waals surface area (Å²) in [5, 5.41) is 1.23. The van der Waals surface area contributed by atoms with Gasteiger partial charge in [-0.2, -0.15) is 11.8 Å². The summed E-state index contributed by atoms with van der Waals surface area (Å²) in [5.41, 5.74) is 6.88. The van der Waals surface area contributed by atoms with E-state index in [9.17, 15) is 0 Å². The fourth-order valence-electron chi connectivity index (χ4n) is 1.32. The highest BCUT2D eigenvalue weighted by atomic mass is 32.2. The van der Waals surface area contributed by atoms with Gasteiger partial charge in [0.25, 0.3) is 0 Å². The van der Waals surface area contributed by atoms with E-state index < -0.39 is 0 Å². The van der Waals surface area contributed by atoms with Crippen molar-refractivity contribution in [3.05, 3.63) is 15.6 Å². The highest BCUT2D eigenvalue weighted by Crippen LogP contribution is 2.23. The molecule has 86 valence electrons. The van der Waals surface area contributed by atoms with Crippen molar-refractivity contribution in [1.82, 2.24) is 4.98 Å². The van der Waals surface area contributed by atoms with E-state index in [2.05, 4.69) is 25.8 Å². The Hall–Kier alpha value is -0.0600. The summed E-state index contributed by atoms with van der Waals surface area (Å²) in [6, 6.07) is 0. The molecule has 0 bridgehead atoms. The fourth-order valence-corrected chi connectivity index (χ4v) is 3.46. The van der Waals surface area contributed by atoms with Crippen molar-refractivity contribution in [2.45, 2.75) is 39.5 Å². The van der Waals surface area contributed by atoms with Crippen molar-refractivity contribution >= 4 is 23.1 Å². The highest BCUT2D eigenvalue weighted by Gasteiger charge is 2.08. The largest absolute Gasteiger partial charge is 0.326 e. The van der Waals surface area contributed by atoms with E-state index in [4.69, 9.17) is 5.73 Å². The summed E-state index contributed by atoms with van der Waals surface area (Å²) in [4.78, 5) is 5.88. The molecular weight excluding hydrogens is 224 g/mol. The van der Waals surface area contributed by atoms with E-state index in [1.54, 1.807) is 11.3 Å². The molecule has 0 radical (unpaired) electrons. The van der Waals surface area contributed by atoms with Crippen molar-refractivity contribution in [2.75, 3.05) is 5.75 Å². The number of nitrogens with two attached hydrogens (primary N) is 1. The maximum Gasteiger partial charge on any atom is 0.103 e. The molecule has 0 amide bonds. The zero-order chi connectivity index (χ0) is 11.3. The zero-order valence-electron chi connectivity index (χ0n) is 9.75. The van der Waals surface area contributed by atoms with Gasteiger partial charge in [-0.25, -0.2) is 4.98 Å². The lowest BCUT2D eigenvalue weighted by molar-refractivity contribution is 0.750. The molecule has 2 nitrogen and oxygen atoms in total. The van der Waals surface area contributed by atoms with Crippen LogP contribution in [0.2, 0.25) is 0 Å². The summed E-state index contributed by atoms with van der Waals surface area (Å²) in [7, 11) is 0. The van der Waals surface area contributed by atoms with Crippen molar-refractivity contribution in [3.63, 3.8) is 0 Å². The van der Waals surface area contributed by atoms with E-state index in [-0.39, 0.29) is 0 Å². The Kier molecular flexibility index (Phi) is 5.64. The molecule has 1 aromatic heterocycles. The van der Waals surface area contributed by atoms with Crippen LogP contribution in [-0.2, 0) is 18.7 Å². The Morgan fingerprint density at radius 3 is 2.67 bits per heavy atom. The van der Waals surface area contributed by atoms with Crippen LogP contribution in [0.25, 0.3) is 0 Å². The monoisotopic (exact) mass is 244 g/mol. The molecule has 15 heavy (non-hydrogen) atoms. The molecule has 2 N–H and O–H groups in total. The average molecular weight is 244 g/mol. The predicted octanol–water partition coefficient (Wildman–Crippen LogP) is 3.05. The summed E-state index contributed by atoms with van der Waals surface area (Å²) < 4.78 is 0. The summed E-state index contributed by atoms with van der Waals surface area (Å²) in [6.07, 6.45) is 0.998. The van der Waals surface area contributed by atoms with Gasteiger partial charge in [0.2, 0.25) is 0 Å². The van der Waals surface area contributed by atoms with Crippen LogP contribution >= 0.6 is 23.1 Å². The first-order valence-corrected chi connectivity index (χ1v) is 7.39. The van der Waals surface area contributed by atoms with E-state index >= 15 is 0 Å². The van der Waals surface area contributed by atoms with Crippen LogP contribution in [0, 0.1) is 5.92 Å². The van der Waals surface area contributed by atoms with Gasteiger partial charge >= 0.3 is 0 Å². The summed E-state index contributed by atoms with van der Waals surface area (Å²) in [5.74, 6) is 3.00. The minimum absolute atomic E-state index is 0.635. The number of thioether (sulfide) groups is 1. The lowest BCUT2D eigenvalue weighted by Crippen LogP contribution is -1.96. The number of hydrogen-bond acceptors (Lipinski definition) is 4. The second kappa shape index (κ2) is 6.51. The van der Waals surface area contributed by atoms with E-state index in [1.165, 1.54) is 21.3 Å². The molecule has 0 saturated carbocycles. The Morgan fingerprint density at radius 1 is 1.47 bits per heavy atom. The van der Waals surface area contributed by atoms with Crippen LogP contribution in [0.15, 0.2) is 0 Å². The zero-order valence-corrected chi connectivity index (χ0v) is 11.4. The van der Waals surface area contributed by atoms with Gasteiger partial charge in [-0.15, -0.1) is 11.3 Å². The van der Waals surface area contributed by atoms with Gasteiger partial charge < -0.3 is 5.73 Å². The summed E-state index contributed by atoms with van der Waals surface area (Å²) in [6.45, 7) is 7.27. The lowest BCUT2D eigenvalue weighted by Gasteiger charge is -2.01. The van der Waals surface area contributed by atoms with Gasteiger partial charge in [0.1, 0.15) is 5.01 Å². The van der Waals surface area contributed by atoms with E-state index in [0.717, 1.165) is 18.1 Å². The predicted molar refractivity (Wildman–Crippen MR) is 70.4 cm³/mol. The van der Waals surface area contributed by atoms with E-state index in [1.807, 2.05) is 11.8 Å². The molecule has 0 unspecified atom stereocenters. The van der Waals surface area contributed by atoms with E-state index in [0.29, 0.717) is 6.54 Å². The molecule has 0 spiro atoms. The van der Waals surface area contributed by atoms with Gasteiger partial charge in [0.15, 0.2) is 0 Å². The van der Waals surface area contributed by atoms with Gasteiger partial charge in [0, 0.05) is 17.2 Å². The van der Waals surface area contributed by atoms with Crippen molar-refractivity contribution in [3.8, 4) is 0 Å². The van der Waals surface area contributed by atoms with Crippen molar-refractivity contribution < 1.29 is 0 Å². The molecule has 0 aromatic carbocycles. The van der Waals surface area contributed by atoms with Gasteiger partial charge in [-0.3, -0.25) is 0 Å². The average Bonchev–Trinajstić information content (AvgIpc) is 2.59. The first-order valence-electron chi connectivity index (χ1n) is 5.42. The van der Waals surface area contributed by atoms with Gasteiger partial charge in [-0.1, -0.05) is 20.8 Å². The fraction of sp³-hybridized carbons (Fsp3) is 0.727. The molecule has 0 aliphatic rings. The second-order valence-corrected chi connectivity index (χ2v) is 6.14. The molecule has 0 saturated heterocycles. The SMILES string of the molecule is CCc1nc(CSCC(C)C)sc1CN. The van der Waals surface area contributed by atoms with Crippen LogP contribution < -0.4 is 5.73 Å². The first-order chi connectivity index (χ1) is 7.17. The molecule has 1 rings (SSSR count). The second-order valence-electron chi connectivity index (χ2n) is 3.94. The number of nitrogens with zero attached hydrogens (tertiary/aromatic N) is 1. The lowest BCUT2D eigenvalue weighted by atomic mass is 10.3. The maximum absolute atomic E-state index is 5.68. The van der Waals surface area contributed by atoms with Gasteiger partial charge in [-0.05, 0) is 18.1 Å². The number of aryl methyl sites for hydroxylation is 1. The molecule has 1 aromatic rings. The summed E-state index contributed by atoms with van der Waals surface area (Å²) >= 11 is 3.74. The molecule has 4 heteroatoms. The van der Waals surface area contributed by atoms with Crippen LogP contribution in [-0.4, -0.2) is 10.7 Å². The number of aromatic nitrogens is 1. The Morgan fingerprint density at radius 2 is 2.20 bits per heavy atom. The Labute approximate surface area is 101 Å². The smallest absolute Gasteiger partial charge is 0.103 e. The highest BCUT2D eigenvalue weighted by molar-refractivity contribution is 7.98. The first kappa shape index (κ1) is 13.0. The molecule has 0 fully saturated rings. The minimum Gasteiger partial charge on any atom is -0.326 e. The number of rotatable bonds is 6. The topological polar surface area (TPSA) is 38.9 Å². The number of hydrogen-bond donors (Lipinski definition) is 1. The third-order valence-corrected chi connectivity index (χ3v) is 4.70. The van der Waals surface area contributed by atoms with Crippen LogP contribution in [0.3, 0.4) is 0 Å². The quantitative estimate of drug-likeness (QED) is 0.836. The molecule has 1 heterocycles. The standard InChI is InChI=1S/C11H20N2S2/c1-4-9-10(5-12)15-11(13-9)7-14-6-8(2)3/h8H,4-7,12H2,1-3H3. The Balaban J connectivity index is 2.51. The molecule has 0 atom stereocenters. The molecular formula is C11H20N2S2. The third kappa shape index (κ3) is 4.13. The van der Waals surface area contributed by atoms with Crippen LogP contribution in [0.1, 0.15) is 36.3 Å². The van der Waals surface area contributed by atoms with Crippen LogP contribution in [0.5, 0.6) is 0 Å². The molecule has 0 aliphatic carbocycles. The Bertz CT molecular complexity index is 273. The number of thiazole rings is 1.